The first-order valence-electron chi connectivity index (χ1n) is 3.28. The molecule has 0 aliphatic heterocycles. The van der Waals surface area contributed by atoms with E-state index in [-0.39, 0.29) is 0 Å². The molecule has 0 bridgehead atoms. The van der Waals surface area contributed by atoms with Crippen molar-refractivity contribution in [2.24, 2.45) is 5.73 Å². The molecule has 64 valence electrons. The second kappa shape index (κ2) is 3.53. The number of amides is 2. The Bertz CT molecular complexity index is 314. The number of carbonyl (C=O) groups excluding carboxylic acids is 1. The Morgan fingerprint density at radius 1 is 1.75 bits per heavy atom. The van der Waals surface area contributed by atoms with E-state index >= 15 is 0 Å². The zero-order chi connectivity index (χ0) is 9.14. The molecule has 0 radical (unpaired) electrons. The first-order chi connectivity index (χ1) is 5.59. The fourth-order valence-corrected chi connectivity index (χ4v) is 1.23. The number of carbonyl (C=O) groups is 1. The maximum Gasteiger partial charge on any atom is 0.316 e. The van der Waals surface area contributed by atoms with Crippen molar-refractivity contribution in [3.05, 3.63) is 22.4 Å². The lowest BCUT2D eigenvalue weighted by atomic mass is 10.2. The molecule has 0 aromatic carbocycles. The zero-order valence-corrected chi connectivity index (χ0v) is 8.05. The average molecular weight is 230 g/mol. The lowest BCUT2D eigenvalue weighted by Gasteiger charge is -2.04. The van der Waals surface area contributed by atoms with Crippen LogP contribution in [0.3, 0.4) is 0 Å². The van der Waals surface area contributed by atoms with Crippen molar-refractivity contribution >= 4 is 27.6 Å². The molecule has 1 rings (SSSR count). The normalized spacial score (nSPS) is 9.50. The molecule has 3 N–H and O–H groups in total. The summed E-state index contributed by atoms with van der Waals surface area (Å²) in [6.07, 6.45) is 1.55. The molecule has 0 aliphatic rings. The Hall–Kier alpha value is -1.10. The standard InChI is InChI=1S/C7H8BrN3O/c1-4-2-6(8)10-3-5(4)11-7(9)12/h2-3H,1H3,(H3,9,11,12). The van der Waals surface area contributed by atoms with E-state index in [1.165, 1.54) is 0 Å². The molecule has 0 aliphatic carbocycles. The van der Waals surface area contributed by atoms with Gasteiger partial charge >= 0.3 is 6.03 Å². The third kappa shape index (κ3) is 2.20. The number of aryl methyl sites for hydroxylation is 1. The van der Waals surface area contributed by atoms with E-state index in [4.69, 9.17) is 5.73 Å². The summed E-state index contributed by atoms with van der Waals surface area (Å²) in [7, 11) is 0. The zero-order valence-electron chi connectivity index (χ0n) is 6.47. The molecule has 0 atom stereocenters. The summed E-state index contributed by atoms with van der Waals surface area (Å²) in [5.41, 5.74) is 6.48. The van der Waals surface area contributed by atoms with Crippen LogP contribution in [0.25, 0.3) is 0 Å². The van der Waals surface area contributed by atoms with Crippen LogP contribution < -0.4 is 11.1 Å². The lowest BCUT2D eigenvalue weighted by Crippen LogP contribution is -2.19. The summed E-state index contributed by atoms with van der Waals surface area (Å²) in [6.45, 7) is 1.86. The van der Waals surface area contributed by atoms with Crippen LogP contribution in [0.5, 0.6) is 0 Å². The number of anilines is 1. The van der Waals surface area contributed by atoms with E-state index < -0.39 is 6.03 Å². The fraction of sp³-hybridized carbons (Fsp3) is 0.143. The SMILES string of the molecule is Cc1cc(Br)ncc1NC(N)=O. The highest BCUT2D eigenvalue weighted by Gasteiger charge is 2.00. The van der Waals surface area contributed by atoms with E-state index in [0.717, 1.165) is 10.2 Å². The number of hydrogen-bond acceptors (Lipinski definition) is 2. The highest BCUT2D eigenvalue weighted by Crippen LogP contribution is 2.16. The molecule has 0 fully saturated rings. The molecule has 12 heavy (non-hydrogen) atoms. The van der Waals surface area contributed by atoms with Gasteiger partial charge in [-0.2, -0.15) is 0 Å². The molecule has 4 nitrogen and oxygen atoms in total. The van der Waals surface area contributed by atoms with Crippen LogP contribution in [0, 0.1) is 6.92 Å². The molecule has 1 aromatic heterocycles. The first-order valence-corrected chi connectivity index (χ1v) is 4.07. The van der Waals surface area contributed by atoms with E-state index in [1.54, 1.807) is 12.3 Å². The van der Waals surface area contributed by atoms with Crippen LogP contribution in [0.4, 0.5) is 10.5 Å². The Balaban J connectivity index is 2.93. The summed E-state index contributed by atoms with van der Waals surface area (Å²) < 4.78 is 0.732. The van der Waals surface area contributed by atoms with Gasteiger partial charge in [-0.3, -0.25) is 0 Å². The highest BCUT2D eigenvalue weighted by molar-refractivity contribution is 9.10. The predicted octanol–water partition coefficient (Wildman–Crippen LogP) is 1.64. The Labute approximate surface area is 78.3 Å². The number of aromatic nitrogens is 1. The minimum Gasteiger partial charge on any atom is -0.351 e. The van der Waals surface area contributed by atoms with Gasteiger partial charge in [-0.25, -0.2) is 9.78 Å². The second-order valence-corrected chi connectivity index (χ2v) is 3.12. The van der Waals surface area contributed by atoms with Gasteiger partial charge in [0.2, 0.25) is 0 Å². The van der Waals surface area contributed by atoms with E-state index in [9.17, 15) is 4.79 Å². The van der Waals surface area contributed by atoms with Crippen LogP contribution in [-0.2, 0) is 0 Å². The maximum atomic E-state index is 10.5. The molecular weight excluding hydrogens is 222 g/mol. The summed E-state index contributed by atoms with van der Waals surface area (Å²) in [4.78, 5) is 14.4. The molecule has 1 aromatic rings. The number of halogens is 1. The minimum absolute atomic E-state index is 0.581. The number of nitrogens with zero attached hydrogens (tertiary/aromatic N) is 1. The predicted molar refractivity (Wildman–Crippen MR) is 49.9 cm³/mol. The summed E-state index contributed by atoms with van der Waals surface area (Å²) in [5, 5.41) is 2.46. The molecular formula is C7H8BrN3O. The quantitative estimate of drug-likeness (QED) is 0.720. The second-order valence-electron chi connectivity index (χ2n) is 2.31. The van der Waals surface area contributed by atoms with Crippen LogP contribution in [0.2, 0.25) is 0 Å². The summed E-state index contributed by atoms with van der Waals surface area (Å²) in [6, 6.07) is 1.22. The summed E-state index contributed by atoms with van der Waals surface area (Å²) in [5.74, 6) is 0. The van der Waals surface area contributed by atoms with E-state index in [1.807, 2.05) is 6.92 Å². The van der Waals surface area contributed by atoms with Gasteiger partial charge in [0.15, 0.2) is 0 Å². The van der Waals surface area contributed by atoms with Crippen LogP contribution in [0.1, 0.15) is 5.56 Å². The van der Waals surface area contributed by atoms with Crippen molar-refractivity contribution in [2.45, 2.75) is 6.92 Å². The maximum absolute atomic E-state index is 10.5. The number of nitrogens with one attached hydrogen (secondary N) is 1. The van der Waals surface area contributed by atoms with Gasteiger partial charge in [-0.1, -0.05) is 0 Å². The number of nitrogens with two attached hydrogens (primary N) is 1. The third-order valence-corrected chi connectivity index (χ3v) is 1.77. The van der Waals surface area contributed by atoms with Gasteiger partial charge in [-0.05, 0) is 34.5 Å². The van der Waals surface area contributed by atoms with Crippen molar-refractivity contribution in [3.63, 3.8) is 0 Å². The number of rotatable bonds is 1. The topological polar surface area (TPSA) is 68.0 Å². The van der Waals surface area contributed by atoms with Crippen LogP contribution in [0.15, 0.2) is 16.9 Å². The van der Waals surface area contributed by atoms with Gasteiger partial charge in [0, 0.05) is 0 Å². The highest BCUT2D eigenvalue weighted by atomic mass is 79.9. The number of primary amides is 1. The molecule has 1 heterocycles. The molecule has 0 saturated carbocycles. The monoisotopic (exact) mass is 229 g/mol. The largest absolute Gasteiger partial charge is 0.351 e. The number of hydrogen-bond donors (Lipinski definition) is 2. The number of pyridine rings is 1. The summed E-state index contributed by atoms with van der Waals surface area (Å²) >= 11 is 3.21. The fourth-order valence-electron chi connectivity index (χ4n) is 0.785. The van der Waals surface area contributed by atoms with E-state index in [2.05, 4.69) is 26.2 Å². The van der Waals surface area contributed by atoms with Gasteiger partial charge < -0.3 is 11.1 Å². The first kappa shape index (κ1) is 8.99. The van der Waals surface area contributed by atoms with Crippen molar-refractivity contribution < 1.29 is 4.79 Å². The molecule has 0 saturated heterocycles. The average Bonchev–Trinajstić information content (AvgIpc) is 1.94. The van der Waals surface area contributed by atoms with Gasteiger partial charge in [0.1, 0.15) is 4.60 Å². The minimum atomic E-state index is -0.581. The van der Waals surface area contributed by atoms with Crippen molar-refractivity contribution in [1.82, 2.24) is 4.98 Å². The Morgan fingerprint density at radius 2 is 2.42 bits per heavy atom. The van der Waals surface area contributed by atoms with Crippen molar-refractivity contribution in [1.29, 1.82) is 0 Å². The number of urea groups is 1. The molecule has 5 heteroatoms. The smallest absolute Gasteiger partial charge is 0.316 e. The van der Waals surface area contributed by atoms with Gasteiger partial charge in [-0.15, -0.1) is 0 Å². The van der Waals surface area contributed by atoms with Crippen molar-refractivity contribution in [3.8, 4) is 0 Å². The third-order valence-electron chi connectivity index (χ3n) is 1.34. The Kier molecular flexibility index (Phi) is 2.65. The van der Waals surface area contributed by atoms with Crippen molar-refractivity contribution in [2.75, 3.05) is 5.32 Å². The molecule has 2 amide bonds. The lowest BCUT2D eigenvalue weighted by molar-refractivity contribution is 0.259. The van der Waals surface area contributed by atoms with E-state index in [0.29, 0.717) is 5.69 Å². The van der Waals surface area contributed by atoms with Crippen LogP contribution >= 0.6 is 15.9 Å². The molecule has 0 unspecified atom stereocenters. The van der Waals surface area contributed by atoms with Crippen LogP contribution in [-0.4, -0.2) is 11.0 Å². The van der Waals surface area contributed by atoms with Gasteiger partial charge in [0.05, 0.1) is 11.9 Å². The molecule has 0 spiro atoms. The Morgan fingerprint density at radius 3 is 2.92 bits per heavy atom. The van der Waals surface area contributed by atoms with Gasteiger partial charge in [0.25, 0.3) is 0 Å².